The zero-order chi connectivity index (χ0) is 20.1. The number of amides is 1. The molecule has 0 aliphatic rings. The van der Waals surface area contributed by atoms with Gasteiger partial charge >= 0.3 is 0 Å². The monoisotopic (exact) mass is 377 g/mol. The predicted octanol–water partition coefficient (Wildman–Crippen LogP) is 3.30. The number of rotatable bonds is 7. The number of carbonyl (C=O) groups is 1. The van der Waals surface area contributed by atoms with Crippen LogP contribution in [0.25, 0.3) is 11.0 Å². The summed E-state index contributed by atoms with van der Waals surface area (Å²) in [5.41, 5.74) is 3.56. The first kappa shape index (κ1) is 19.4. The van der Waals surface area contributed by atoms with E-state index in [9.17, 15) is 4.79 Å². The van der Waals surface area contributed by atoms with Gasteiger partial charge < -0.3 is 20.0 Å². The number of nitrogens with zero attached hydrogens (tertiary/aromatic N) is 3. The number of nitrogens with one attached hydrogen (secondary N) is 2. The number of carbonyl (C=O) groups excluding carboxylic acids is 1. The molecule has 0 fully saturated rings. The number of pyridine rings is 1. The Morgan fingerprint density at radius 1 is 1.32 bits per heavy atom. The first-order chi connectivity index (χ1) is 13.5. The van der Waals surface area contributed by atoms with Crippen LogP contribution in [0.5, 0.6) is 0 Å². The van der Waals surface area contributed by atoms with Crippen molar-refractivity contribution < 1.29 is 9.21 Å². The molecular weight excluding hydrogens is 354 g/mol. The van der Waals surface area contributed by atoms with Crippen LogP contribution in [0.3, 0.4) is 0 Å². The fourth-order valence-corrected chi connectivity index (χ4v) is 2.92. The van der Waals surface area contributed by atoms with Crippen LogP contribution in [0.1, 0.15) is 28.6 Å². The van der Waals surface area contributed by atoms with Crippen molar-refractivity contribution in [2.24, 2.45) is 0 Å². The summed E-state index contributed by atoms with van der Waals surface area (Å²) < 4.78 is 5.81. The molecule has 0 unspecified atom stereocenters. The van der Waals surface area contributed by atoms with Crippen molar-refractivity contribution in [3.8, 4) is 6.07 Å². The van der Waals surface area contributed by atoms with Crippen molar-refractivity contribution in [1.29, 1.82) is 5.26 Å². The van der Waals surface area contributed by atoms with E-state index < -0.39 is 0 Å². The molecule has 2 heterocycles. The second-order valence-electron chi connectivity index (χ2n) is 6.70. The third-order valence-electron chi connectivity index (χ3n) is 4.42. The Balaban J connectivity index is 1.98. The summed E-state index contributed by atoms with van der Waals surface area (Å²) in [6.45, 7) is 3.26. The van der Waals surface area contributed by atoms with Gasteiger partial charge in [-0.3, -0.25) is 9.78 Å². The van der Waals surface area contributed by atoms with Crippen LogP contribution in [-0.2, 0) is 6.42 Å². The summed E-state index contributed by atoms with van der Waals surface area (Å²) in [6.07, 6.45) is 4.01. The van der Waals surface area contributed by atoms with Gasteiger partial charge in [0.05, 0.1) is 23.5 Å². The molecule has 0 spiro atoms. The molecule has 0 radical (unpaired) electrons. The maximum Gasteiger partial charge on any atom is 0.289 e. The van der Waals surface area contributed by atoms with Crippen LogP contribution < -0.4 is 10.6 Å². The quantitative estimate of drug-likeness (QED) is 0.656. The third-order valence-corrected chi connectivity index (χ3v) is 4.42. The van der Waals surface area contributed by atoms with Crippen LogP contribution >= 0.6 is 0 Å². The molecule has 7 heteroatoms. The van der Waals surface area contributed by atoms with Gasteiger partial charge in [0.15, 0.2) is 5.58 Å². The summed E-state index contributed by atoms with van der Waals surface area (Å²) >= 11 is 0. The van der Waals surface area contributed by atoms with Crippen LogP contribution in [-0.4, -0.2) is 43.0 Å². The molecule has 7 nitrogen and oxygen atoms in total. The van der Waals surface area contributed by atoms with E-state index in [0.717, 1.165) is 29.6 Å². The van der Waals surface area contributed by atoms with Crippen LogP contribution in [0.15, 0.2) is 41.1 Å². The number of aryl methyl sites for hydroxylation is 1. The smallest absolute Gasteiger partial charge is 0.289 e. The highest BCUT2D eigenvalue weighted by Gasteiger charge is 2.21. The lowest BCUT2D eigenvalue weighted by atomic mass is 10.1. The Morgan fingerprint density at radius 3 is 2.86 bits per heavy atom. The molecule has 0 atom stereocenters. The van der Waals surface area contributed by atoms with E-state index in [4.69, 9.17) is 9.68 Å². The first-order valence-corrected chi connectivity index (χ1v) is 9.13. The lowest BCUT2D eigenvalue weighted by Gasteiger charge is -2.13. The second kappa shape index (κ2) is 8.55. The minimum absolute atomic E-state index is 0.216. The molecule has 1 amide bonds. The molecule has 0 saturated carbocycles. The average Bonchev–Trinajstić information content (AvgIpc) is 3.06. The van der Waals surface area contributed by atoms with Crippen molar-refractivity contribution in [2.45, 2.75) is 13.3 Å². The molecule has 0 bridgehead atoms. The molecule has 3 rings (SSSR count). The lowest BCUT2D eigenvalue weighted by Crippen LogP contribution is -2.31. The number of nitriles is 1. The summed E-state index contributed by atoms with van der Waals surface area (Å²) in [7, 11) is 3.90. The SMILES string of the molecule is CCc1cc(C#N)ccc1Nc1c(C(=O)NCCN(C)C)oc2cnccc12. The van der Waals surface area contributed by atoms with Crippen LogP contribution in [0, 0.1) is 11.3 Å². The highest BCUT2D eigenvalue weighted by Crippen LogP contribution is 2.34. The largest absolute Gasteiger partial charge is 0.447 e. The topological polar surface area (TPSA) is 94.2 Å². The van der Waals surface area contributed by atoms with Crippen LogP contribution in [0.4, 0.5) is 11.4 Å². The van der Waals surface area contributed by atoms with Gasteiger partial charge in [-0.05, 0) is 50.3 Å². The highest BCUT2D eigenvalue weighted by atomic mass is 16.3. The Hall–Kier alpha value is -3.37. The van der Waals surface area contributed by atoms with E-state index in [2.05, 4.69) is 21.7 Å². The van der Waals surface area contributed by atoms with Crippen molar-refractivity contribution in [3.63, 3.8) is 0 Å². The molecule has 0 aliphatic carbocycles. The van der Waals surface area contributed by atoms with E-state index in [1.165, 1.54) is 0 Å². The van der Waals surface area contributed by atoms with Gasteiger partial charge in [-0.2, -0.15) is 5.26 Å². The minimum atomic E-state index is -0.285. The molecule has 1 aromatic carbocycles. The highest BCUT2D eigenvalue weighted by molar-refractivity contribution is 6.07. The molecule has 28 heavy (non-hydrogen) atoms. The number of hydrogen-bond acceptors (Lipinski definition) is 6. The van der Waals surface area contributed by atoms with Gasteiger partial charge in [0.1, 0.15) is 0 Å². The number of benzene rings is 1. The van der Waals surface area contributed by atoms with E-state index >= 15 is 0 Å². The third kappa shape index (κ3) is 4.13. The van der Waals surface area contributed by atoms with Gasteiger partial charge in [-0.1, -0.05) is 6.92 Å². The first-order valence-electron chi connectivity index (χ1n) is 9.13. The average molecular weight is 377 g/mol. The van der Waals surface area contributed by atoms with E-state index in [1.54, 1.807) is 18.5 Å². The number of aromatic nitrogens is 1. The molecule has 2 aromatic heterocycles. The van der Waals surface area contributed by atoms with Crippen molar-refractivity contribution >= 4 is 28.3 Å². The van der Waals surface area contributed by atoms with Gasteiger partial charge in [0.25, 0.3) is 5.91 Å². The second-order valence-corrected chi connectivity index (χ2v) is 6.70. The molecule has 0 aliphatic heterocycles. The maximum absolute atomic E-state index is 12.7. The van der Waals surface area contributed by atoms with Gasteiger partial charge in [0, 0.05) is 30.4 Å². The van der Waals surface area contributed by atoms with Gasteiger partial charge in [-0.25, -0.2) is 0 Å². The Morgan fingerprint density at radius 2 is 2.14 bits per heavy atom. The summed E-state index contributed by atoms with van der Waals surface area (Å²) in [5, 5.41) is 16.1. The minimum Gasteiger partial charge on any atom is -0.447 e. The van der Waals surface area contributed by atoms with Crippen molar-refractivity contribution in [3.05, 3.63) is 53.5 Å². The molecule has 0 saturated heterocycles. The van der Waals surface area contributed by atoms with E-state index in [0.29, 0.717) is 23.4 Å². The summed E-state index contributed by atoms with van der Waals surface area (Å²) in [6, 6.07) is 9.42. The van der Waals surface area contributed by atoms with Crippen molar-refractivity contribution in [2.75, 3.05) is 32.5 Å². The van der Waals surface area contributed by atoms with Crippen LogP contribution in [0.2, 0.25) is 0 Å². The van der Waals surface area contributed by atoms with E-state index in [-0.39, 0.29) is 11.7 Å². The van der Waals surface area contributed by atoms with Gasteiger partial charge in [0.2, 0.25) is 5.76 Å². The van der Waals surface area contributed by atoms with Crippen molar-refractivity contribution in [1.82, 2.24) is 15.2 Å². The molecular formula is C21H23N5O2. The number of likely N-dealkylation sites (N-methyl/N-ethyl adjacent to an activating group) is 1. The molecule has 144 valence electrons. The number of anilines is 2. The zero-order valence-corrected chi connectivity index (χ0v) is 16.2. The number of hydrogen-bond donors (Lipinski definition) is 2. The lowest BCUT2D eigenvalue weighted by molar-refractivity contribution is 0.0926. The summed E-state index contributed by atoms with van der Waals surface area (Å²) in [5.74, 6) is -0.0691. The Kier molecular flexibility index (Phi) is 5.92. The maximum atomic E-state index is 12.7. The Labute approximate surface area is 164 Å². The Bertz CT molecular complexity index is 1030. The summed E-state index contributed by atoms with van der Waals surface area (Å²) in [4.78, 5) is 18.8. The fourth-order valence-electron chi connectivity index (χ4n) is 2.92. The number of furan rings is 1. The molecule has 3 aromatic rings. The predicted molar refractivity (Wildman–Crippen MR) is 109 cm³/mol. The fraction of sp³-hybridized carbons (Fsp3) is 0.286. The molecule has 2 N–H and O–H groups in total. The number of fused-ring (bicyclic) bond motifs is 1. The van der Waals surface area contributed by atoms with E-state index in [1.807, 2.05) is 44.1 Å². The standard InChI is InChI=1S/C21H23N5O2/c1-4-15-11-14(12-22)5-6-17(15)25-19-16-7-8-23-13-18(16)28-20(19)21(27)24-9-10-26(2)3/h5-8,11,13,25H,4,9-10H2,1-3H3,(H,24,27). The normalized spacial score (nSPS) is 10.8. The zero-order valence-electron chi connectivity index (χ0n) is 16.2. The van der Waals surface area contributed by atoms with Gasteiger partial charge in [-0.15, -0.1) is 0 Å².